The van der Waals surface area contributed by atoms with Gasteiger partial charge in [0, 0.05) is 12.1 Å². The lowest BCUT2D eigenvalue weighted by Crippen LogP contribution is -2.23. The Hall–Kier alpha value is -2.05. The maximum absolute atomic E-state index is 12.4. The van der Waals surface area contributed by atoms with Crippen molar-refractivity contribution in [3.05, 3.63) is 53.1 Å². The van der Waals surface area contributed by atoms with E-state index in [1.165, 1.54) is 0 Å². The Bertz CT molecular complexity index is 800. The van der Waals surface area contributed by atoms with Crippen LogP contribution in [-0.4, -0.2) is 22.6 Å². The monoisotopic (exact) mass is 335 g/mol. The molecule has 6 heteroatoms. The maximum Gasteiger partial charge on any atom is 0.240 e. The second kappa shape index (κ2) is 7.02. The zero-order valence-electron chi connectivity index (χ0n) is 13.7. The smallest absolute Gasteiger partial charge is 0.240 e. The molecule has 2 aromatic carbocycles. The third-order valence-corrected chi connectivity index (χ3v) is 4.95. The summed E-state index contributed by atoms with van der Waals surface area (Å²) in [6, 6.07) is 10.4. The Labute approximate surface area is 137 Å². The largest absolute Gasteiger partial charge is 0.496 e. The molecule has 0 radical (unpaired) electrons. The van der Waals surface area contributed by atoms with Gasteiger partial charge in [-0.05, 0) is 49.2 Å². The maximum atomic E-state index is 12.4. The fraction of sp³-hybridized carbons (Fsp3) is 0.294. The lowest BCUT2D eigenvalue weighted by atomic mass is 10.1. The molecule has 0 saturated carbocycles. The van der Waals surface area contributed by atoms with Crippen LogP contribution in [0.2, 0.25) is 0 Å². The minimum Gasteiger partial charge on any atom is -0.496 e. The van der Waals surface area contributed by atoms with Crippen molar-refractivity contribution in [2.45, 2.75) is 25.3 Å². The summed E-state index contributed by atoms with van der Waals surface area (Å²) in [5.74, 6) is 1.31. The van der Waals surface area contributed by atoms with Crippen molar-refractivity contribution >= 4 is 10.0 Å². The summed E-state index contributed by atoms with van der Waals surface area (Å²) in [5.41, 5.74) is 2.53. The molecule has 0 amide bonds. The highest BCUT2D eigenvalue weighted by Gasteiger charge is 2.16. The number of sulfonamides is 1. The summed E-state index contributed by atoms with van der Waals surface area (Å²) < 4.78 is 38.0. The summed E-state index contributed by atoms with van der Waals surface area (Å²) >= 11 is 0. The quantitative estimate of drug-likeness (QED) is 0.882. The number of benzene rings is 2. The van der Waals surface area contributed by atoms with Crippen molar-refractivity contribution in [1.82, 2.24) is 4.72 Å². The zero-order valence-corrected chi connectivity index (χ0v) is 14.5. The molecule has 2 aromatic rings. The molecule has 0 bridgehead atoms. The highest BCUT2D eigenvalue weighted by molar-refractivity contribution is 7.89. The molecular weight excluding hydrogens is 314 g/mol. The van der Waals surface area contributed by atoms with Gasteiger partial charge in [-0.15, -0.1) is 0 Å². The van der Waals surface area contributed by atoms with Gasteiger partial charge in [-0.2, -0.15) is 0 Å². The molecule has 0 atom stereocenters. The number of hydrogen-bond acceptors (Lipinski definition) is 4. The molecule has 0 heterocycles. The van der Waals surface area contributed by atoms with Gasteiger partial charge in [-0.25, -0.2) is 13.1 Å². The van der Waals surface area contributed by atoms with Gasteiger partial charge in [0.25, 0.3) is 0 Å². The lowest BCUT2D eigenvalue weighted by Gasteiger charge is -2.14. The van der Waals surface area contributed by atoms with Crippen molar-refractivity contribution in [2.24, 2.45) is 0 Å². The van der Waals surface area contributed by atoms with Crippen LogP contribution in [0.4, 0.5) is 0 Å². The second-order valence-corrected chi connectivity index (χ2v) is 7.04. The van der Waals surface area contributed by atoms with Gasteiger partial charge >= 0.3 is 0 Å². The normalized spacial score (nSPS) is 11.3. The van der Waals surface area contributed by atoms with Crippen LogP contribution in [0.15, 0.2) is 41.3 Å². The molecule has 1 N–H and O–H groups in total. The first-order valence-electron chi connectivity index (χ1n) is 7.15. The van der Waals surface area contributed by atoms with Crippen molar-refractivity contribution in [3.8, 4) is 11.5 Å². The van der Waals surface area contributed by atoms with Crippen LogP contribution in [0.3, 0.4) is 0 Å². The number of aryl methyl sites for hydroxylation is 2. The fourth-order valence-electron chi connectivity index (χ4n) is 2.29. The molecule has 2 rings (SSSR count). The van der Waals surface area contributed by atoms with E-state index in [4.69, 9.17) is 9.47 Å². The number of ether oxygens (including phenoxy) is 2. The van der Waals surface area contributed by atoms with E-state index in [1.54, 1.807) is 38.5 Å². The molecule has 0 aliphatic heterocycles. The van der Waals surface area contributed by atoms with Gasteiger partial charge in [0.05, 0.1) is 19.1 Å². The predicted molar refractivity (Wildman–Crippen MR) is 89.5 cm³/mol. The average Bonchev–Trinajstić information content (AvgIpc) is 2.53. The van der Waals surface area contributed by atoms with Crippen LogP contribution in [0, 0.1) is 13.8 Å². The van der Waals surface area contributed by atoms with E-state index in [1.807, 2.05) is 26.0 Å². The molecule has 124 valence electrons. The van der Waals surface area contributed by atoms with Gasteiger partial charge < -0.3 is 9.47 Å². The molecule has 0 aliphatic rings. The molecule has 0 unspecified atom stereocenters. The van der Waals surface area contributed by atoms with Crippen molar-refractivity contribution < 1.29 is 17.9 Å². The highest BCUT2D eigenvalue weighted by Crippen LogP contribution is 2.28. The van der Waals surface area contributed by atoms with Crippen LogP contribution < -0.4 is 14.2 Å². The first-order valence-corrected chi connectivity index (χ1v) is 8.63. The average molecular weight is 335 g/mol. The standard InChI is InChI=1S/C17H21NO4S/c1-12-6-5-7-15(8-12)23(19,20)18-11-14-10-16(21-3)13(2)9-17(14)22-4/h5-10,18H,11H2,1-4H3. The minimum absolute atomic E-state index is 0.121. The van der Waals surface area contributed by atoms with Gasteiger partial charge in [-0.3, -0.25) is 0 Å². The van der Waals surface area contributed by atoms with Gasteiger partial charge in [0.1, 0.15) is 11.5 Å². The summed E-state index contributed by atoms with van der Waals surface area (Å²) in [4.78, 5) is 0.246. The minimum atomic E-state index is -3.58. The van der Waals surface area contributed by atoms with E-state index in [0.717, 1.165) is 11.1 Å². The summed E-state index contributed by atoms with van der Waals surface area (Å²) in [7, 11) is -0.448. The molecular formula is C17H21NO4S. The molecule has 0 spiro atoms. The number of rotatable bonds is 6. The lowest BCUT2D eigenvalue weighted by molar-refractivity contribution is 0.396. The van der Waals surface area contributed by atoms with Gasteiger partial charge in [0.15, 0.2) is 0 Å². The Balaban J connectivity index is 2.26. The van der Waals surface area contributed by atoms with E-state index in [-0.39, 0.29) is 11.4 Å². The molecule has 0 aromatic heterocycles. The Morgan fingerprint density at radius 3 is 2.30 bits per heavy atom. The Morgan fingerprint density at radius 2 is 1.70 bits per heavy atom. The fourth-order valence-corrected chi connectivity index (χ4v) is 3.40. The van der Waals surface area contributed by atoms with Crippen LogP contribution >= 0.6 is 0 Å². The second-order valence-electron chi connectivity index (χ2n) is 5.27. The number of hydrogen-bond donors (Lipinski definition) is 1. The van der Waals surface area contributed by atoms with E-state index in [9.17, 15) is 8.42 Å². The first-order chi connectivity index (χ1) is 10.9. The SMILES string of the molecule is COc1cc(CNS(=O)(=O)c2cccc(C)c2)c(OC)cc1C. The first kappa shape index (κ1) is 17.3. The molecule has 23 heavy (non-hydrogen) atoms. The van der Waals surface area contributed by atoms with Crippen LogP contribution in [-0.2, 0) is 16.6 Å². The van der Waals surface area contributed by atoms with Crippen molar-refractivity contribution in [2.75, 3.05) is 14.2 Å². The molecule has 0 saturated heterocycles. The topological polar surface area (TPSA) is 64.6 Å². The predicted octanol–water partition coefficient (Wildman–Crippen LogP) is 2.80. The van der Waals surface area contributed by atoms with E-state index in [0.29, 0.717) is 17.1 Å². The van der Waals surface area contributed by atoms with E-state index >= 15 is 0 Å². The molecule has 0 aliphatic carbocycles. The highest BCUT2D eigenvalue weighted by atomic mass is 32.2. The third kappa shape index (κ3) is 4.03. The van der Waals surface area contributed by atoms with Crippen LogP contribution in [0.5, 0.6) is 11.5 Å². The number of nitrogens with one attached hydrogen (secondary N) is 1. The van der Waals surface area contributed by atoms with Crippen molar-refractivity contribution in [1.29, 1.82) is 0 Å². The summed E-state index contributed by atoms with van der Waals surface area (Å²) in [6.07, 6.45) is 0. The van der Waals surface area contributed by atoms with E-state index in [2.05, 4.69) is 4.72 Å². The number of methoxy groups -OCH3 is 2. The third-order valence-electron chi connectivity index (χ3n) is 3.55. The van der Waals surface area contributed by atoms with Crippen LogP contribution in [0.1, 0.15) is 16.7 Å². The Kier molecular flexibility index (Phi) is 5.28. The van der Waals surface area contributed by atoms with Gasteiger partial charge in [-0.1, -0.05) is 12.1 Å². The van der Waals surface area contributed by atoms with Crippen molar-refractivity contribution in [3.63, 3.8) is 0 Å². The molecule has 5 nitrogen and oxygen atoms in total. The molecule has 0 fully saturated rings. The zero-order chi connectivity index (χ0) is 17.0. The summed E-state index contributed by atoms with van der Waals surface area (Å²) in [6.45, 7) is 3.88. The van der Waals surface area contributed by atoms with E-state index < -0.39 is 10.0 Å². The van der Waals surface area contributed by atoms with Gasteiger partial charge in [0.2, 0.25) is 10.0 Å². The Morgan fingerprint density at radius 1 is 1.00 bits per heavy atom. The van der Waals surface area contributed by atoms with Crippen LogP contribution in [0.25, 0.3) is 0 Å². The summed E-state index contributed by atoms with van der Waals surface area (Å²) in [5, 5.41) is 0.